The molecule has 4 aromatic rings. The zero-order valence-corrected chi connectivity index (χ0v) is 26.3. The van der Waals surface area contributed by atoms with Crippen molar-refractivity contribution in [2.24, 2.45) is 0 Å². The van der Waals surface area contributed by atoms with Crippen LogP contribution in [-0.2, 0) is 14.8 Å². The van der Waals surface area contributed by atoms with Gasteiger partial charge in [0.1, 0.15) is 5.69 Å². The van der Waals surface area contributed by atoms with E-state index < -0.39 is 10.0 Å². The number of nitrogens with one attached hydrogen (secondary N) is 2. The second-order valence-electron chi connectivity index (χ2n) is 8.64. The molecule has 0 unspecified atom stereocenters. The van der Waals surface area contributed by atoms with Gasteiger partial charge in [0, 0.05) is 47.5 Å². The van der Waals surface area contributed by atoms with Crippen molar-refractivity contribution in [3.05, 3.63) is 72.2 Å². The first-order valence-corrected chi connectivity index (χ1v) is 13.5. The van der Waals surface area contributed by atoms with Gasteiger partial charge in [-0.3, -0.25) is 15.1 Å². The molecule has 0 fully saturated rings. The molecule has 0 spiro atoms. The number of hydrogen-bond acceptors (Lipinski definition) is 11. The van der Waals surface area contributed by atoms with Crippen molar-refractivity contribution in [1.29, 1.82) is 5.41 Å². The van der Waals surface area contributed by atoms with Crippen LogP contribution in [-0.4, -0.2) is 85.1 Å². The van der Waals surface area contributed by atoms with E-state index in [2.05, 4.69) is 24.7 Å². The number of sulfonamides is 1. The SMILES string of the molecule is COC(=N)c1cc(-c2nc(NS(=O)(=O)c3ccc(C(C)C)cn3)c(Oc3ccccc3OC)c(OC)n2)ccn1.[Na]. The van der Waals surface area contributed by atoms with Crippen molar-refractivity contribution in [3.8, 4) is 34.5 Å². The van der Waals surface area contributed by atoms with Crippen LogP contribution in [0.3, 0.4) is 0 Å². The average molecular weight is 588 g/mol. The van der Waals surface area contributed by atoms with Gasteiger partial charge in [0.2, 0.25) is 11.6 Å². The van der Waals surface area contributed by atoms with Crippen LogP contribution in [0.25, 0.3) is 11.4 Å². The molecule has 1 aromatic carbocycles. The smallest absolute Gasteiger partial charge is 0.280 e. The van der Waals surface area contributed by atoms with Gasteiger partial charge in [-0.2, -0.15) is 13.4 Å². The van der Waals surface area contributed by atoms with Crippen LogP contribution >= 0.6 is 0 Å². The van der Waals surface area contributed by atoms with E-state index in [0.29, 0.717) is 11.3 Å². The number of methoxy groups -OCH3 is 3. The molecule has 12 nitrogen and oxygen atoms in total. The van der Waals surface area contributed by atoms with Gasteiger partial charge in [-0.1, -0.05) is 32.0 Å². The van der Waals surface area contributed by atoms with Crippen molar-refractivity contribution in [2.45, 2.75) is 24.8 Å². The standard InChI is InChI=1S/C27H28N6O6S.Na/c1-16(2)18-10-11-22(30-15-18)40(34,35)33-26-23(39-21-9-7-6-8-20(21)36-3)27(38-5)32-25(31-26)17-12-13-29-19(14-17)24(28)37-4;/h6-16,28H,1-5H3,(H,31,32,33);. The van der Waals surface area contributed by atoms with E-state index in [1.165, 1.54) is 45.9 Å². The summed E-state index contributed by atoms with van der Waals surface area (Å²) in [7, 11) is -0.0192. The molecule has 209 valence electrons. The molecule has 0 bridgehead atoms. The summed E-state index contributed by atoms with van der Waals surface area (Å²) in [5.41, 5.74) is 1.54. The van der Waals surface area contributed by atoms with E-state index in [0.717, 1.165) is 5.56 Å². The van der Waals surface area contributed by atoms with Gasteiger partial charge in [-0.15, -0.1) is 0 Å². The molecule has 14 heteroatoms. The topological polar surface area (TPSA) is 158 Å². The van der Waals surface area contributed by atoms with Crippen LogP contribution in [0.15, 0.2) is 66.0 Å². The van der Waals surface area contributed by atoms with Crippen LogP contribution in [0.2, 0.25) is 0 Å². The fourth-order valence-electron chi connectivity index (χ4n) is 3.54. The zero-order chi connectivity index (χ0) is 28.9. The van der Waals surface area contributed by atoms with Gasteiger partial charge >= 0.3 is 0 Å². The van der Waals surface area contributed by atoms with Crippen LogP contribution in [0.5, 0.6) is 23.1 Å². The monoisotopic (exact) mass is 587 g/mol. The fourth-order valence-corrected chi connectivity index (χ4v) is 4.48. The minimum absolute atomic E-state index is 0. The van der Waals surface area contributed by atoms with E-state index >= 15 is 0 Å². The van der Waals surface area contributed by atoms with E-state index in [-0.39, 0.29) is 81.1 Å². The Morgan fingerprint density at radius 2 is 1.68 bits per heavy atom. The molecule has 0 aliphatic heterocycles. The predicted molar refractivity (Wildman–Crippen MR) is 154 cm³/mol. The first-order chi connectivity index (χ1) is 19.2. The van der Waals surface area contributed by atoms with E-state index in [1.807, 2.05) is 13.8 Å². The first kappa shape index (κ1) is 31.7. The second kappa shape index (κ2) is 13.7. The fraction of sp³-hybridized carbons (Fsp3) is 0.222. The summed E-state index contributed by atoms with van der Waals surface area (Å²) < 4.78 is 51.2. The van der Waals surface area contributed by atoms with Crippen LogP contribution in [0, 0.1) is 5.41 Å². The van der Waals surface area contributed by atoms with Gasteiger partial charge in [-0.25, -0.2) is 9.97 Å². The minimum atomic E-state index is -4.22. The van der Waals surface area contributed by atoms with Gasteiger partial charge in [0.15, 0.2) is 28.2 Å². The molecular weight excluding hydrogens is 559 g/mol. The molecule has 2 N–H and O–H groups in total. The molecule has 41 heavy (non-hydrogen) atoms. The average Bonchev–Trinajstić information content (AvgIpc) is 2.97. The Balaban J connectivity index is 0.00000462. The summed E-state index contributed by atoms with van der Waals surface area (Å²) in [6.45, 7) is 3.97. The van der Waals surface area contributed by atoms with E-state index in [1.54, 1.807) is 36.4 Å². The molecular formula is C27H28N6NaO6S. The Kier molecular flexibility index (Phi) is 10.6. The molecule has 4 rings (SSSR count). The normalized spacial score (nSPS) is 10.9. The number of nitrogens with zero attached hydrogens (tertiary/aromatic N) is 4. The number of benzene rings is 1. The van der Waals surface area contributed by atoms with Gasteiger partial charge in [0.05, 0.1) is 21.3 Å². The van der Waals surface area contributed by atoms with Crippen molar-refractivity contribution in [1.82, 2.24) is 19.9 Å². The Hall–Kier alpha value is -3.78. The second-order valence-corrected chi connectivity index (χ2v) is 10.3. The van der Waals surface area contributed by atoms with Crippen LogP contribution in [0.1, 0.15) is 31.0 Å². The number of ether oxygens (including phenoxy) is 4. The van der Waals surface area contributed by atoms with E-state index in [9.17, 15) is 8.42 Å². The van der Waals surface area contributed by atoms with Crippen molar-refractivity contribution in [3.63, 3.8) is 0 Å². The first-order valence-electron chi connectivity index (χ1n) is 12.0. The third-order valence-electron chi connectivity index (χ3n) is 5.70. The molecule has 0 aliphatic rings. The zero-order valence-electron chi connectivity index (χ0n) is 23.5. The Bertz CT molecular complexity index is 1630. The molecule has 0 saturated carbocycles. The molecule has 0 atom stereocenters. The summed E-state index contributed by atoms with van der Waals surface area (Å²) in [6.07, 6.45) is 2.97. The number of rotatable bonds is 10. The molecule has 1 radical (unpaired) electrons. The van der Waals surface area contributed by atoms with Crippen LogP contribution in [0.4, 0.5) is 5.82 Å². The maximum atomic E-state index is 13.4. The van der Waals surface area contributed by atoms with E-state index in [4.69, 9.17) is 24.4 Å². The number of para-hydroxylation sites is 2. The molecule has 3 aromatic heterocycles. The number of hydrogen-bond donors (Lipinski definition) is 2. The molecule has 0 amide bonds. The van der Waals surface area contributed by atoms with Gasteiger partial charge < -0.3 is 18.9 Å². The summed E-state index contributed by atoms with van der Waals surface area (Å²) in [6, 6.07) is 13.1. The molecule has 3 heterocycles. The summed E-state index contributed by atoms with van der Waals surface area (Å²) >= 11 is 0. The maximum Gasteiger partial charge on any atom is 0.280 e. The summed E-state index contributed by atoms with van der Waals surface area (Å²) in [4.78, 5) is 17.2. The largest absolute Gasteiger partial charge is 0.493 e. The van der Waals surface area contributed by atoms with Crippen LogP contribution < -0.4 is 18.9 Å². The third-order valence-corrected chi connectivity index (χ3v) is 6.95. The van der Waals surface area contributed by atoms with Crippen molar-refractivity contribution >= 4 is 51.3 Å². The number of pyridine rings is 2. The predicted octanol–water partition coefficient (Wildman–Crippen LogP) is 4.26. The Labute approximate surface area is 260 Å². The van der Waals surface area contributed by atoms with Crippen molar-refractivity contribution in [2.75, 3.05) is 26.1 Å². The molecule has 0 aliphatic carbocycles. The Morgan fingerprint density at radius 3 is 2.29 bits per heavy atom. The summed E-state index contributed by atoms with van der Waals surface area (Å²) in [5, 5.41) is 7.72. The maximum absolute atomic E-state index is 13.4. The van der Waals surface area contributed by atoms with Gasteiger partial charge in [0.25, 0.3) is 15.9 Å². The quantitative estimate of drug-likeness (QED) is 0.156. The number of anilines is 1. The number of aromatic nitrogens is 4. The third kappa shape index (κ3) is 7.30. The Morgan fingerprint density at radius 1 is 0.951 bits per heavy atom. The summed E-state index contributed by atoms with van der Waals surface area (Å²) in [5.74, 6) is 0.400. The van der Waals surface area contributed by atoms with Crippen molar-refractivity contribution < 1.29 is 27.4 Å². The van der Waals surface area contributed by atoms with Gasteiger partial charge in [-0.05, 0) is 41.8 Å². The minimum Gasteiger partial charge on any atom is -0.493 e. The molecule has 0 saturated heterocycles.